The first-order valence-corrected chi connectivity index (χ1v) is 5.73. The maximum Gasteiger partial charge on any atom is 0.108 e. The molecule has 88 valence electrons. The van der Waals surface area contributed by atoms with Crippen LogP contribution < -0.4 is 0 Å². The zero-order valence-corrected chi connectivity index (χ0v) is 9.48. The largest absolute Gasteiger partial charge is 0.469 e. The van der Waals surface area contributed by atoms with Gasteiger partial charge in [0.05, 0.1) is 36.5 Å². The molecule has 4 heteroatoms. The second-order valence-corrected chi connectivity index (χ2v) is 4.39. The maximum atomic E-state index is 9.20. The number of nitrogens with zero attached hydrogens (tertiary/aromatic N) is 2. The van der Waals surface area contributed by atoms with E-state index in [1.807, 2.05) is 12.1 Å². The molecule has 0 saturated heterocycles. The van der Waals surface area contributed by atoms with E-state index in [0.29, 0.717) is 0 Å². The smallest absolute Gasteiger partial charge is 0.108 e. The second kappa shape index (κ2) is 4.09. The number of hydrogen-bond acceptors (Lipinski definition) is 4. The summed E-state index contributed by atoms with van der Waals surface area (Å²) < 4.78 is 10.8. The number of furan rings is 2. The highest BCUT2D eigenvalue weighted by atomic mass is 16.3. The molecular weight excluding hydrogens is 228 g/mol. The Morgan fingerprint density at radius 1 is 0.833 bits per heavy atom. The van der Waals surface area contributed by atoms with Crippen molar-refractivity contribution in [3.8, 4) is 12.1 Å². The first-order chi connectivity index (χ1) is 8.86. The highest BCUT2D eigenvalue weighted by molar-refractivity contribution is 5.33. The summed E-state index contributed by atoms with van der Waals surface area (Å²) in [6, 6.07) is 11.7. The molecule has 0 amide bonds. The van der Waals surface area contributed by atoms with Crippen LogP contribution in [0.15, 0.2) is 45.6 Å². The number of nitriles is 2. The van der Waals surface area contributed by atoms with Gasteiger partial charge in [0.2, 0.25) is 0 Å². The van der Waals surface area contributed by atoms with E-state index in [-0.39, 0.29) is 23.7 Å². The summed E-state index contributed by atoms with van der Waals surface area (Å²) in [5.74, 6) is 0.623. The Balaban J connectivity index is 2.00. The zero-order valence-electron chi connectivity index (χ0n) is 9.48. The summed E-state index contributed by atoms with van der Waals surface area (Å²) in [6.45, 7) is 0. The van der Waals surface area contributed by atoms with Crippen molar-refractivity contribution in [2.75, 3.05) is 0 Å². The Hall–Kier alpha value is -2.46. The average molecular weight is 238 g/mol. The van der Waals surface area contributed by atoms with Gasteiger partial charge in [-0.2, -0.15) is 10.5 Å². The van der Waals surface area contributed by atoms with Gasteiger partial charge < -0.3 is 8.83 Å². The van der Waals surface area contributed by atoms with Gasteiger partial charge in [-0.1, -0.05) is 0 Å². The molecule has 1 aliphatic carbocycles. The molecule has 1 saturated carbocycles. The van der Waals surface area contributed by atoms with Crippen molar-refractivity contribution in [2.24, 2.45) is 11.8 Å². The molecular formula is C14H10N2O2. The summed E-state index contributed by atoms with van der Waals surface area (Å²) in [4.78, 5) is 0. The molecule has 2 heterocycles. The van der Waals surface area contributed by atoms with Gasteiger partial charge in [0.1, 0.15) is 11.5 Å². The molecule has 0 spiro atoms. The highest BCUT2D eigenvalue weighted by Gasteiger charge is 2.55. The molecule has 3 rings (SSSR count). The predicted molar refractivity (Wildman–Crippen MR) is 61.1 cm³/mol. The predicted octanol–water partition coefficient (Wildman–Crippen LogP) is 3.03. The van der Waals surface area contributed by atoms with E-state index in [2.05, 4.69) is 12.1 Å². The van der Waals surface area contributed by atoms with Crippen LogP contribution in [0.5, 0.6) is 0 Å². The van der Waals surface area contributed by atoms with Gasteiger partial charge in [-0.25, -0.2) is 0 Å². The fraction of sp³-hybridized carbons (Fsp3) is 0.286. The third kappa shape index (κ3) is 1.36. The summed E-state index contributed by atoms with van der Waals surface area (Å²) in [7, 11) is 0. The molecule has 4 nitrogen and oxygen atoms in total. The third-order valence-corrected chi connectivity index (χ3v) is 3.59. The Labute approximate surface area is 104 Å². The molecule has 4 atom stereocenters. The van der Waals surface area contributed by atoms with Crippen molar-refractivity contribution in [1.82, 2.24) is 0 Å². The molecule has 0 N–H and O–H groups in total. The molecule has 0 aromatic carbocycles. The van der Waals surface area contributed by atoms with E-state index in [0.717, 1.165) is 11.5 Å². The second-order valence-electron chi connectivity index (χ2n) is 4.39. The van der Waals surface area contributed by atoms with Crippen LogP contribution in [0.4, 0.5) is 0 Å². The van der Waals surface area contributed by atoms with Crippen LogP contribution in [0, 0.1) is 34.5 Å². The molecule has 1 fully saturated rings. The highest BCUT2D eigenvalue weighted by Crippen LogP contribution is 2.57. The van der Waals surface area contributed by atoms with Crippen LogP contribution in [0.1, 0.15) is 23.4 Å². The number of hydrogen-bond donors (Lipinski definition) is 0. The zero-order chi connectivity index (χ0) is 12.5. The van der Waals surface area contributed by atoms with E-state index in [4.69, 9.17) is 8.83 Å². The van der Waals surface area contributed by atoms with Crippen molar-refractivity contribution in [3.05, 3.63) is 48.3 Å². The Kier molecular flexibility index (Phi) is 2.42. The van der Waals surface area contributed by atoms with Crippen molar-refractivity contribution in [2.45, 2.75) is 11.8 Å². The van der Waals surface area contributed by atoms with Gasteiger partial charge in [-0.15, -0.1) is 0 Å². The molecule has 0 unspecified atom stereocenters. The van der Waals surface area contributed by atoms with Gasteiger partial charge >= 0.3 is 0 Å². The summed E-state index contributed by atoms with van der Waals surface area (Å²) in [5, 5.41) is 18.4. The fourth-order valence-corrected chi connectivity index (χ4v) is 2.74. The average Bonchev–Trinajstić information content (AvgIpc) is 3.01. The lowest BCUT2D eigenvalue weighted by molar-refractivity contribution is 0.145. The SMILES string of the molecule is N#C[C@@H]1[C@H](C#N)[C@@H](c2ccco2)[C@@H]1c1ccco1. The van der Waals surface area contributed by atoms with Gasteiger partial charge in [0, 0.05) is 11.8 Å². The quantitative estimate of drug-likeness (QED) is 0.805. The minimum atomic E-state index is -0.337. The van der Waals surface area contributed by atoms with Crippen LogP contribution in [-0.4, -0.2) is 0 Å². The molecule has 2 aromatic rings. The van der Waals surface area contributed by atoms with E-state index in [1.54, 1.807) is 24.7 Å². The minimum Gasteiger partial charge on any atom is -0.469 e. The molecule has 0 aliphatic heterocycles. The third-order valence-electron chi connectivity index (χ3n) is 3.59. The lowest BCUT2D eigenvalue weighted by atomic mass is 9.56. The van der Waals surface area contributed by atoms with Gasteiger partial charge in [0.15, 0.2) is 0 Å². The van der Waals surface area contributed by atoms with Crippen molar-refractivity contribution >= 4 is 0 Å². The van der Waals surface area contributed by atoms with Crippen LogP contribution in [0.3, 0.4) is 0 Å². The summed E-state index contributed by atoms with van der Waals surface area (Å²) >= 11 is 0. The van der Waals surface area contributed by atoms with E-state index < -0.39 is 0 Å². The number of rotatable bonds is 2. The van der Waals surface area contributed by atoms with Crippen LogP contribution >= 0.6 is 0 Å². The van der Waals surface area contributed by atoms with Crippen molar-refractivity contribution < 1.29 is 8.83 Å². The van der Waals surface area contributed by atoms with E-state index in [9.17, 15) is 10.5 Å². The van der Waals surface area contributed by atoms with E-state index >= 15 is 0 Å². The van der Waals surface area contributed by atoms with Gasteiger partial charge in [-0.3, -0.25) is 0 Å². The van der Waals surface area contributed by atoms with E-state index in [1.165, 1.54) is 0 Å². The minimum absolute atomic E-state index is 0.0965. The first-order valence-electron chi connectivity index (χ1n) is 5.73. The maximum absolute atomic E-state index is 9.20. The summed E-state index contributed by atoms with van der Waals surface area (Å²) in [6.07, 6.45) is 3.17. The van der Waals surface area contributed by atoms with Crippen molar-refractivity contribution in [1.29, 1.82) is 10.5 Å². The van der Waals surface area contributed by atoms with Crippen LogP contribution in [-0.2, 0) is 0 Å². The Morgan fingerprint density at radius 2 is 1.28 bits per heavy atom. The van der Waals surface area contributed by atoms with Gasteiger partial charge in [-0.05, 0) is 24.3 Å². The normalized spacial score (nSPS) is 30.1. The lowest BCUT2D eigenvalue weighted by Crippen LogP contribution is -2.41. The monoisotopic (exact) mass is 238 g/mol. The van der Waals surface area contributed by atoms with Crippen LogP contribution in [0.25, 0.3) is 0 Å². The molecule has 18 heavy (non-hydrogen) atoms. The topological polar surface area (TPSA) is 73.9 Å². The standard InChI is InChI=1S/C14H10N2O2/c15-7-9-10(8-16)14(12-4-2-6-18-12)13(9)11-3-1-5-17-11/h1-6,9-10,13-14H/t9-,10+,13-,14-/m0/s1. The molecule has 0 bridgehead atoms. The molecule has 0 radical (unpaired) electrons. The molecule has 2 aromatic heterocycles. The van der Waals surface area contributed by atoms with Crippen LogP contribution in [0.2, 0.25) is 0 Å². The summed E-state index contributed by atoms with van der Waals surface area (Å²) in [5.41, 5.74) is 0. The van der Waals surface area contributed by atoms with Crippen molar-refractivity contribution in [3.63, 3.8) is 0 Å². The Bertz CT molecular complexity index is 545. The van der Waals surface area contributed by atoms with Gasteiger partial charge in [0.25, 0.3) is 0 Å². The first kappa shape index (κ1) is 10.7. The Morgan fingerprint density at radius 3 is 1.56 bits per heavy atom. The molecule has 1 aliphatic rings. The fourth-order valence-electron chi connectivity index (χ4n) is 2.74. The lowest BCUT2D eigenvalue weighted by Gasteiger charge is -2.42.